The van der Waals surface area contributed by atoms with Crippen LogP contribution in [-0.2, 0) is 13.1 Å². The molecule has 0 saturated carbocycles. The third-order valence-electron chi connectivity index (χ3n) is 5.85. The van der Waals surface area contributed by atoms with Gasteiger partial charge in [0.15, 0.2) is 0 Å². The van der Waals surface area contributed by atoms with Crippen molar-refractivity contribution in [3.63, 3.8) is 0 Å². The zero-order valence-electron chi connectivity index (χ0n) is 20.7. The maximum Gasteiger partial charge on any atom is 0.269 e. The molecular weight excluding hydrogens is 508 g/mol. The van der Waals surface area contributed by atoms with Crippen molar-refractivity contribution in [3.05, 3.63) is 115 Å². The second-order valence-electron chi connectivity index (χ2n) is 8.21. The van der Waals surface area contributed by atoms with E-state index in [9.17, 15) is 27.2 Å². The number of pyridine rings is 2. The summed E-state index contributed by atoms with van der Waals surface area (Å²) in [5.74, 6) is -2.73. The smallest absolute Gasteiger partial charge is 0.269 e. The molecule has 0 atom stereocenters. The Morgan fingerprint density at radius 2 is 1.11 bits per heavy atom. The average molecular weight is 533 g/mol. The van der Waals surface area contributed by atoms with Crippen molar-refractivity contribution in [1.29, 1.82) is 0 Å². The second-order valence-corrected chi connectivity index (χ2v) is 8.62. The van der Waals surface area contributed by atoms with Crippen LogP contribution < -0.4 is 11.1 Å². The molecule has 194 valence electrons. The van der Waals surface area contributed by atoms with Crippen LogP contribution in [0, 0.1) is 37.1 Å². The van der Waals surface area contributed by atoms with Gasteiger partial charge in [0.05, 0.1) is 22.5 Å². The van der Waals surface area contributed by atoms with Gasteiger partial charge >= 0.3 is 0 Å². The summed E-state index contributed by atoms with van der Waals surface area (Å²) in [5.41, 5.74) is 0.697. The van der Waals surface area contributed by atoms with E-state index in [0.29, 0.717) is 23.4 Å². The zero-order chi connectivity index (χ0) is 27.4. The molecule has 4 aromatic rings. The highest BCUT2D eigenvalue weighted by Gasteiger charge is 2.19. The molecule has 9 heteroatoms. The standard InChI is InChI=1S/C14H12ClF2NO.C14H13F2NO/c1-3-18-13(8(2)7-9(15)14(18)19)12-10(16)5-4-6-11(12)17;1-3-17-12(18)8-7-9(2)14(17)13-10(15)5-4-6-11(13)16/h4-7H,3H2,1-2H3;4-8H,3H2,1-2H3. The predicted octanol–water partition coefficient (Wildman–Crippen LogP) is 6.90. The summed E-state index contributed by atoms with van der Waals surface area (Å²) in [5, 5.41) is 0.0415. The van der Waals surface area contributed by atoms with E-state index in [1.165, 1.54) is 45.5 Å². The molecule has 0 unspecified atom stereocenters. The van der Waals surface area contributed by atoms with E-state index in [4.69, 9.17) is 11.6 Å². The summed E-state index contributed by atoms with van der Waals surface area (Å²) in [7, 11) is 0. The molecule has 0 aliphatic carbocycles. The number of aryl methyl sites for hydroxylation is 2. The Morgan fingerprint density at radius 3 is 1.54 bits per heavy atom. The lowest BCUT2D eigenvalue weighted by molar-refractivity contribution is 0.583. The highest BCUT2D eigenvalue weighted by molar-refractivity contribution is 6.30. The highest BCUT2D eigenvalue weighted by atomic mass is 35.5. The van der Waals surface area contributed by atoms with Crippen LogP contribution >= 0.6 is 11.6 Å². The van der Waals surface area contributed by atoms with E-state index in [1.807, 2.05) is 0 Å². The summed E-state index contributed by atoms with van der Waals surface area (Å²) in [6, 6.07) is 11.7. The van der Waals surface area contributed by atoms with Gasteiger partial charge in [-0.25, -0.2) is 17.6 Å². The van der Waals surface area contributed by atoms with E-state index < -0.39 is 28.8 Å². The van der Waals surface area contributed by atoms with Crippen LogP contribution in [0.2, 0.25) is 5.02 Å². The van der Waals surface area contributed by atoms with Gasteiger partial charge in [-0.05, 0) is 69.2 Å². The molecule has 0 amide bonds. The van der Waals surface area contributed by atoms with Gasteiger partial charge < -0.3 is 9.13 Å². The summed E-state index contributed by atoms with van der Waals surface area (Å²) in [4.78, 5) is 23.7. The fraction of sp³-hybridized carbons (Fsp3) is 0.214. The van der Waals surface area contributed by atoms with E-state index in [0.717, 1.165) is 12.1 Å². The predicted molar refractivity (Wildman–Crippen MR) is 138 cm³/mol. The van der Waals surface area contributed by atoms with Crippen molar-refractivity contribution in [1.82, 2.24) is 9.13 Å². The molecule has 37 heavy (non-hydrogen) atoms. The van der Waals surface area contributed by atoms with Crippen molar-refractivity contribution in [2.45, 2.75) is 40.8 Å². The van der Waals surface area contributed by atoms with Crippen LogP contribution in [0.5, 0.6) is 0 Å². The van der Waals surface area contributed by atoms with E-state index in [2.05, 4.69) is 0 Å². The van der Waals surface area contributed by atoms with Crippen LogP contribution in [0.1, 0.15) is 25.0 Å². The third kappa shape index (κ3) is 5.54. The second kappa shape index (κ2) is 11.6. The van der Waals surface area contributed by atoms with Crippen LogP contribution in [0.4, 0.5) is 17.6 Å². The lowest BCUT2D eigenvalue weighted by Gasteiger charge is -2.16. The summed E-state index contributed by atoms with van der Waals surface area (Å²) in [6.45, 7) is 7.53. The van der Waals surface area contributed by atoms with Gasteiger partial charge in [-0.15, -0.1) is 0 Å². The van der Waals surface area contributed by atoms with Crippen LogP contribution in [0.25, 0.3) is 22.5 Å². The van der Waals surface area contributed by atoms with Crippen molar-refractivity contribution in [2.75, 3.05) is 0 Å². The largest absolute Gasteiger partial charge is 0.308 e. The first kappa shape index (κ1) is 27.9. The number of halogens is 5. The van der Waals surface area contributed by atoms with Gasteiger partial charge in [-0.2, -0.15) is 0 Å². The maximum absolute atomic E-state index is 13.9. The molecule has 4 rings (SSSR count). The maximum atomic E-state index is 13.9. The molecular formula is C28H25ClF4N2O2. The molecule has 0 fully saturated rings. The molecule has 2 heterocycles. The monoisotopic (exact) mass is 532 g/mol. The summed E-state index contributed by atoms with van der Waals surface area (Å²) >= 11 is 5.82. The number of aromatic nitrogens is 2. The Hall–Kier alpha value is -3.65. The normalized spacial score (nSPS) is 10.7. The molecule has 0 spiro atoms. The number of hydrogen-bond donors (Lipinski definition) is 0. The quantitative estimate of drug-likeness (QED) is 0.268. The van der Waals surface area contributed by atoms with Crippen molar-refractivity contribution < 1.29 is 17.6 Å². The minimum Gasteiger partial charge on any atom is -0.308 e. The van der Waals surface area contributed by atoms with Gasteiger partial charge in [0.25, 0.3) is 11.1 Å². The number of rotatable bonds is 4. The highest BCUT2D eigenvalue weighted by Crippen LogP contribution is 2.29. The molecule has 0 saturated heterocycles. The lowest BCUT2D eigenvalue weighted by Crippen LogP contribution is -2.23. The number of benzene rings is 2. The van der Waals surface area contributed by atoms with Gasteiger partial charge in [0.2, 0.25) is 0 Å². The van der Waals surface area contributed by atoms with Crippen molar-refractivity contribution >= 4 is 11.6 Å². The van der Waals surface area contributed by atoms with Gasteiger partial charge in [-0.3, -0.25) is 9.59 Å². The van der Waals surface area contributed by atoms with Gasteiger partial charge in [-0.1, -0.05) is 29.8 Å². The van der Waals surface area contributed by atoms with Crippen LogP contribution in [-0.4, -0.2) is 9.13 Å². The first-order valence-electron chi connectivity index (χ1n) is 11.5. The molecule has 0 bridgehead atoms. The van der Waals surface area contributed by atoms with Crippen molar-refractivity contribution in [3.8, 4) is 22.5 Å². The minimum atomic E-state index is -0.702. The van der Waals surface area contributed by atoms with Gasteiger partial charge in [0, 0.05) is 19.2 Å². The fourth-order valence-electron chi connectivity index (χ4n) is 4.18. The van der Waals surface area contributed by atoms with E-state index in [1.54, 1.807) is 33.8 Å². The topological polar surface area (TPSA) is 44.0 Å². The Balaban J connectivity index is 0.000000206. The number of nitrogens with zero attached hydrogens (tertiary/aromatic N) is 2. The summed E-state index contributed by atoms with van der Waals surface area (Å²) < 4.78 is 58.0. The molecule has 2 aromatic heterocycles. The zero-order valence-corrected chi connectivity index (χ0v) is 21.5. The van der Waals surface area contributed by atoms with Crippen LogP contribution in [0.15, 0.2) is 64.2 Å². The molecule has 0 radical (unpaired) electrons. The first-order chi connectivity index (χ1) is 17.5. The molecule has 2 aromatic carbocycles. The summed E-state index contributed by atoms with van der Waals surface area (Å²) in [6.07, 6.45) is 0. The van der Waals surface area contributed by atoms with Gasteiger partial charge in [0.1, 0.15) is 28.3 Å². The SMILES string of the molecule is CCn1c(-c2c(F)cccc2F)c(C)cc(Cl)c1=O.CCn1c(-c2c(F)cccc2F)c(C)ccc1=O. The molecule has 4 nitrogen and oxygen atoms in total. The first-order valence-corrected chi connectivity index (χ1v) is 11.9. The molecule has 0 aliphatic rings. The molecule has 0 N–H and O–H groups in total. The lowest BCUT2D eigenvalue weighted by atomic mass is 10.0. The van der Waals surface area contributed by atoms with Crippen LogP contribution in [0.3, 0.4) is 0 Å². The fourth-order valence-corrected chi connectivity index (χ4v) is 4.45. The Bertz CT molecular complexity index is 1540. The Kier molecular flexibility index (Phi) is 8.76. The minimum absolute atomic E-state index is 0.0415. The van der Waals surface area contributed by atoms with E-state index >= 15 is 0 Å². The molecule has 0 aliphatic heterocycles. The average Bonchev–Trinajstić information content (AvgIpc) is 2.84. The Labute approximate surface area is 216 Å². The Morgan fingerprint density at radius 1 is 0.676 bits per heavy atom. The third-order valence-corrected chi connectivity index (χ3v) is 6.12. The number of hydrogen-bond acceptors (Lipinski definition) is 2. The van der Waals surface area contributed by atoms with E-state index in [-0.39, 0.29) is 33.9 Å². The van der Waals surface area contributed by atoms with Crippen molar-refractivity contribution in [2.24, 2.45) is 0 Å².